The lowest BCUT2D eigenvalue weighted by molar-refractivity contribution is 0.0667. The van der Waals surface area contributed by atoms with Crippen molar-refractivity contribution in [3.63, 3.8) is 0 Å². The molecule has 1 atom stereocenters. The zero-order valence-electron chi connectivity index (χ0n) is 21.3. The zero-order chi connectivity index (χ0) is 26.9. The number of benzene rings is 1. The van der Waals surface area contributed by atoms with E-state index in [4.69, 9.17) is 27.1 Å². The molecule has 12 nitrogen and oxygen atoms in total. The van der Waals surface area contributed by atoms with E-state index < -0.39 is 15.6 Å². The molecule has 5 rings (SSSR count). The molecular formula is C24H32ClN9O3S. The van der Waals surface area contributed by atoms with E-state index in [0.717, 1.165) is 35.5 Å². The number of hydrogen-bond donors (Lipinski definition) is 5. The van der Waals surface area contributed by atoms with Crippen molar-refractivity contribution in [1.82, 2.24) is 20.0 Å². The molecule has 0 spiro atoms. The summed E-state index contributed by atoms with van der Waals surface area (Å²) in [5, 5.41) is 22.2. The number of aromatic amines is 1. The van der Waals surface area contributed by atoms with E-state index in [-0.39, 0.29) is 18.3 Å². The highest BCUT2D eigenvalue weighted by molar-refractivity contribution is 7.90. The number of anilines is 3. The van der Waals surface area contributed by atoms with Gasteiger partial charge in [-0.1, -0.05) is 17.7 Å². The highest BCUT2D eigenvalue weighted by Crippen LogP contribution is 2.33. The minimum Gasteiger partial charge on any atom is -0.383 e. The van der Waals surface area contributed by atoms with Crippen molar-refractivity contribution < 1.29 is 13.2 Å². The second-order valence-corrected chi connectivity index (χ2v) is 12.5. The van der Waals surface area contributed by atoms with Crippen LogP contribution in [0, 0.1) is 6.92 Å². The van der Waals surface area contributed by atoms with Gasteiger partial charge < -0.3 is 20.7 Å². The predicted molar refractivity (Wildman–Crippen MR) is 149 cm³/mol. The molecule has 204 valence electrons. The Labute approximate surface area is 226 Å². The van der Waals surface area contributed by atoms with Crippen molar-refractivity contribution in [2.24, 2.45) is 10.7 Å². The maximum absolute atomic E-state index is 11.5. The third kappa shape index (κ3) is 6.12. The number of hydrogen-bond acceptors (Lipinski definition) is 10. The molecule has 0 saturated carbocycles. The maximum Gasteiger partial charge on any atom is 0.189 e. The lowest BCUT2D eigenvalue weighted by Gasteiger charge is -2.34. The quantitative estimate of drug-likeness (QED) is 0.278. The van der Waals surface area contributed by atoms with Gasteiger partial charge in [0.05, 0.1) is 34.3 Å². The van der Waals surface area contributed by atoms with Crippen LogP contribution in [0.15, 0.2) is 35.5 Å². The number of fused-ring (bicyclic) bond motifs is 1. The van der Waals surface area contributed by atoms with Crippen molar-refractivity contribution in [2.75, 3.05) is 47.7 Å². The number of aliphatic imine (C=N–C) groups is 1. The van der Waals surface area contributed by atoms with E-state index in [1.54, 1.807) is 12.3 Å². The Kier molecular flexibility index (Phi) is 7.36. The lowest BCUT2D eigenvalue weighted by Crippen LogP contribution is -2.52. The van der Waals surface area contributed by atoms with E-state index in [2.05, 4.69) is 31.2 Å². The Balaban J connectivity index is 1.44. The SMILES string of the molecule is Cc1cc(NC2=NC(N)(Cc3ccc(Cl)c(NCCS(C)(=O)=O)c3)Nc3c2cnn3C2CCOCC2)n[nH]1. The smallest absolute Gasteiger partial charge is 0.189 e. The number of rotatable bonds is 8. The van der Waals surface area contributed by atoms with Gasteiger partial charge in [0.1, 0.15) is 21.5 Å². The van der Waals surface area contributed by atoms with Gasteiger partial charge in [-0.05, 0) is 37.5 Å². The number of nitrogens with two attached hydrogens (primary N) is 1. The largest absolute Gasteiger partial charge is 0.383 e. The third-order valence-electron chi connectivity index (χ3n) is 6.48. The van der Waals surface area contributed by atoms with Gasteiger partial charge in [0, 0.05) is 44.2 Å². The highest BCUT2D eigenvalue weighted by Gasteiger charge is 2.36. The predicted octanol–water partition coefficient (Wildman–Crippen LogP) is 2.52. The van der Waals surface area contributed by atoms with Gasteiger partial charge >= 0.3 is 0 Å². The summed E-state index contributed by atoms with van der Waals surface area (Å²) in [6, 6.07) is 7.58. The first kappa shape index (κ1) is 26.5. The Morgan fingerprint density at radius 2 is 2.08 bits per heavy atom. The minimum atomic E-state index is -3.10. The molecule has 1 saturated heterocycles. The first-order valence-corrected chi connectivity index (χ1v) is 14.8. The molecular weight excluding hydrogens is 530 g/mol. The van der Waals surface area contributed by atoms with Gasteiger partial charge in [-0.25, -0.2) is 18.1 Å². The number of halogens is 1. The normalized spacial score (nSPS) is 19.9. The fraction of sp³-hybridized carbons (Fsp3) is 0.458. The summed E-state index contributed by atoms with van der Waals surface area (Å²) < 4.78 is 30.6. The maximum atomic E-state index is 11.5. The summed E-state index contributed by atoms with van der Waals surface area (Å²) in [7, 11) is -3.10. The molecule has 0 aliphatic carbocycles. The molecule has 0 radical (unpaired) electrons. The number of amidine groups is 1. The summed E-state index contributed by atoms with van der Waals surface area (Å²) in [4.78, 5) is 4.87. The molecule has 4 heterocycles. The van der Waals surface area contributed by atoms with Crippen LogP contribution in [0.2, 0.25) is 5.02 Å². The van der Waals surface area contributed by atoms with Crippen LogP contribution in [-0.2, 0) is 21.0 Å². The molecule has 3 aromatic rings. The first-order chi connectivity index (χ1) is 18.1. The fourth-order valence-electron chi connectivity index (χ4n) is 4.64. The van der Waals surface area contributed by atoms with Crippen molar-refractivity contribution in [3.8, 4) is 0 Å². The van der Waals surface area contributed by atoms with Crippen LogP contribution < -0.4 is 21.7 Å². The highest BCUT2D eigenvalue weighted by atomic mass is 35.5. The topological polar surface area (TPSA) is 164 Å². The Morgan fingerprint density at radius 3 is 2.79 bits per heavy atom. The van der Waals surface area contributed by atoms with Gasteiger partial charge in [0.25, 0.3) is 0 Å². The van der Waals surface area contributed by atoms with E-state index in [0.29, 0.717) is 42.0 Å². The van der Waals surface area contributed by atoms with Gasteiger partial charge in [0.2, 0.25) is 0 Å². The molecule has 1 unspecified atom stereocenters. The van der Waals surface area contributed by atoms with Crippen LogP contribution in [0.4, 0.5) is 17.3 Å². The molecule has 1 aromatic carbocycles. The fourth-order valence-corrected chi connectivity index (χ4v) is 5.30. The van der Waals surface area contributed by atoms with Crippen LogP contribution in [0.3, 0.4) is 0 Å². The van der Waals surface area contributed by atoms with Gasteiger partial charge in [0.15, 0.2) is 11.6 Å². The summed E-state index contributed by atoms with van der Waals surface area (Å²) in [5.74, 6) is 0.762. The lowest BCUT2D eigenvalue weighted by atomic mass is 10.0. The molecule has 2 aliphatic rings. The molecule has 1 fully saturated rings. The van der Waals surface area contributed by atoms with Crippen molar-refractivity contribution >= 4 is 44.6 Å². The summed E-state index contributed by atoms with van der Waals surface area (Å²) in [6.45, 7) is 3.53. The van der Waals surface area contributed by atoms with Gasteiger partial charge in [-0.15, -0.1) is 0 Å². The number of nitrogens with zero attached hydrogens (tertiary/aromatic N) is 4. The average Bonchev–Trinajstić information content (AvgIpc) is 3.46. The Hall–Kier alpha value is -3.13. The van der Waals surface area contributed by atoms with E-state index in [1.165, 1.54) is 6.26 Å². The van der Waals surface area contributed by atoms with Gasteiger partial charge in [-0.2, -0.15) is 10.2 Å². The molecule has 38 heavy (non-hydrogen) atoms. The zero-order valence-corrected chi connectivity index (χ0v) is 22.9. The molecule has 14 heteroatoms. The van der Waals surface area contributed by atoms with Crippen LogP contribution in [0.25, 0.3) is 0 Å². The minimum absolute atomic E-state index is 0.000891. The van der Waals surface area contributed by atoms with Crippen molar-refractivity contribution in [1.29, 1.82) is 0 Å². The number of ether oxygens (including phenoxy) is 1. The van der Waals surface area contributed by atoms with Crippen LogP contribution in [-0.4, -0.2) is 71.8 Å². The average molecular weight is 562 g/mol. The number of nitrogens with one attached hydrogen (secondary N) is 4. The van der Waals surface area contributed by atoms with E-state index >= 15 is 0 Å². The second kappa shape index (κ2) is 10.6. The van der Waals surface area contributed by atoms with E-state index in [9.17, 15) is 8.42 Å². The standard InChI is InChI=1S/C24H32ClN9O3S/c1-15-11-21(33-32-15)29-22-18-14-28-34(17-5-8-37-9-6-17)23(18)31-24(26,30-22)13-16-3-4-19(25)20(12-16)27-7-10-38(2,35)36/h3-4,11-12,14,17,27,31H,5-10,13,26H2,1-2H3,(H2,29,30,32,33). The number of H-pyrrole nitrogens is 1. The number of sulfone groups is 1. The van der Waals surface area contributed by atoms with Crippen LogP contribution in [0.1, 0.15) is 35.7 Å². The summed E-state index contributed by atoms with van der Waals surface area (Å²) in [5.41, 5.74) is 10.1. The van der Waals surface area contributed by atoms with Crippen molar-refractivity contribution in [2.45, 2.75) is 38.0 Å². The Bertz CT molecular complexity index is 1450. The van der Waals surface area contributed by atoms with Crippen molar-refractivity contribution in [3.05, 3.63) is 52.3 Å². The monoisotopic (exact) mass is 561 g/mol. The molecule has 0 amide bonds. The van der Waals surface area contributed by atoms with E-state index in [1.807, 2.05) is 29.8 Å². The first-order valence-electron chi connectivity index (χ1n) is 12.4. The second-order valence-electron chi connectivity index (χ2n) is 9.81. The molecule has 6 N–H and O–H groups in total. The third-order valence-corrected chi connectivity index (χ3v) is 7.75. The Morgan fingerprint density at radius 1 is 1.29 bits per heavy atom. The molecule has 2 aliphatic heterocycles. The number of aryl methyl sites for hydroxylation is 1. The van der Waals surface area contributed by atoms with Gasteiger partial charge in [-0.3, -0.25) is 10.8 Å². The summed E-state index contributed by atoms with van der Waals surface area (Å²) in [6.07, 6.45) is 5.02. The van der Waals surface area contributed by atoms with Crippen LogP contribution in [0.5, 0.6) is 0 Å². The number of aromatic nitrogens is 4. The van der Waals surface area contributed by atoms with Crippen LogP contribution >= 0.6 is 11.6 Å². The summed E-state index contributed by atoms with van der Waals surface area (Å²) >= 11 is 6.37. The molecule has 2 aromatic heterocycles. The molecule has 0 bridgehead atoms.